The number of anilines is 2. The van der Waals surface area contributed by atoms with Gasteiger partial charge in [-0.05, 0) is 43.2 Å². The molecular formula is C19H15ClF3N3O5. The van der Waals surface area contributed by atoms with Crippen molar-refractivity contribution in [3.8, 4) is 0 Å². The van der Waals surface area contributed by atoms with Crippen molar-refractivity contribution in [2.45, 2.75) is 25.1 Å². The molecule has 1 atom stereocenters. The average molecular weight is 458 g/mol. The van der Waals surface area contributed by atoms with Crippen LogP contribution < -0.4 is 10.6 Å². The quantitative estimate of drug-likeness (QED) is 0.502. The summed E-state index contributed by atoms with van der Waals surface area (Å²) in [6.07, 6.45) is -4.42. The lowest BCUT2D eigenvalue weighted by molar-refractivity contribution is -0.384. The van der Waals surface area contributed by atoms with Gasteiger partial charge in [-0.1, -0.05) is 11.6 Å². The zero-order valence-corrected chi connectivity index (χ0v) is 16.4. The summed E-state index contributed by atoms with van der Waals surface area (Å²) in [5, 5.41) is 15.2. The molecule has 1 unspecified atom stereocenters. The maximum atomic E-state index is 13.5. The number of carbonyl (C=O) groups is 2. The van der Waals surface area contributed by atoms with Crippen molar-refractivity contribution in [2.24, 2.45) is 0 Å². The van der Waals surface area contributed by atoms with Crippen LogP contribution in [-0.2, 0) is 15.7 Å². The molecule has 1 fully saturated rings. The van der Waals surface area contributed by atoms with E-state index < -0.39 is 46.0 Å². The van der Waals surface area contributed by atoms with E-state index in [2.05, 4.69) is 10.6 Å². The summed E-state index contributed by atoms with van der Waals surface area (Å²) < 4.78 is 45.8. The molecule has 0 spiro atoms. The molecule has 0 aromatic heterocycles. The van der Waals surface area contributed by atoms with Gasteiger partial charge in [-0.3, -0.25) is 19.7 Å². The molecule has 164 valence electrons. The minimum Gasteiger partial charge on any atom is -0.368 e. The number of alkyl halides is 3. The number of rotatable bonds is 5. The van der Waals surface area contributed by atoms with E-state index in [1.165, 1.54) is 6.07 Å². The Morgan fingerprint density at radius 1 is 1.16 bits per heavy atom. The second kappa shape index (κ2) is 8.90. The number of nitro benzene ring substituents is 1. The van der Waals surface area contributed by atoms with E-state index >= 15 is 0 Å². The Balaban J connectivity index is 1.85. The summed E-state index contributed by atoms with van der Waals surface area (Å²) in [6.45, 7) is 0.402. The number of nitro groups is 1. The average Bonchev–Trinajstić information content (AvgIpc) is 3.23. The Labute approximate surface area is 178 Å². The van der Waals surface area contributed by atoms with Gasteiger partial charge in [0.1, 0.15) is 11.1 Å². The van der Waals surface area contributed by atoms with Crippen LogP contribution >= 0.6 is 11.6 Å². The van der Waals surface area contributed by atoms with Crippen LogP contribution in [0.15, 0.2) is 36.4 Å². The summed E-state index contributed by atoms with van der Waals surface area (Å²) in [5.41, 5.74) is -2.70. The van der Waals surface area contributed by atoms with Gasteiger partial charge >= 0.3 is 6.18 Å². The fourth-order valence-electron chi connectivity index (χ4n) is 2.96. The van der Waals surface area contributed by atoms with E-state index in [0.29, 0.717) is 25.5 Å². The fraction of sp³-hybridized carbons (Fsp3) is 0.263. The Kier molecular flexibility index (Phi) is 6.46. The van der Waals surface area contributed by atoms with Crippen LogP contribution in [0, 0.1) is 10.1 Å². The van der Waals surface area contributed by atoms with Crippen molar-refractivity contribution in [1.82, 2.24) is 0 Å². The van der Waals surface area contributed by atoms with Crippen molar-refractivity contribution in [2.75, 3.05) is 17.2 Å². The molecule has 0 radical (unpaired) electrons. The molecule has 1 aliphatic rings. The summed E-state index contributed by atoms with van der Waals surface area (Å²) in [7, 11) is 0. The topological polar surface area (TPSA) is 111 Å². The molecular weight excluding hydrogens is 443 g/mol. The lowest BCUT2D eigenvalue weighted by Gasteiger charge is -2.17. The first-order chi connectivity index (χ1) is 14.6. The third kappa shape index (κ3) is 5.30. The summed E-state index contributed by atoms with van der Waals surface area (Å²) >= 11 is 5.68. The predicted molar refractivity (Wildman–Crippen MR) is 105 cm³/mol. The van der Waals surface area contributed by atoms with E-state index in [9.17, 15) is 32.9 Å². The Hall–Kier alpha value is -3.18. The lowest BCUT2D eigenvalue weighted by atomic mass is 10.1. The molecule has 0 saturated carbocycles. The normalized spacial score (nSPS) is 16.1. The summed E-state index contributed by atoms with van der Waals surface area (Å²) in [6, 6.07) is 5.98. The van der Waals surface area contributed by atoms with E-state index in [4.69, 9.17) is 16.3 Å². The lowest BCUT2D eigenvalue weighted by Crippen LogP contribution is -2.27. The standard InChI is InChI=1S/C19H15ClF3N3O5/c20-13-5-3-10(8-15(13)26(29)30)17(27)25-14-6-4-11(9-12(14)19(21,22)23)24-18(28)16-2-1-7-31-16/h3-6,8-9,16H,1-2,7H2,(H,24,28)(H,25,27). The van der Waals surface area contributed by atoms with Crippen LogP contribution in [0.3, 0.4) is 0 Å². The van der Waals surface area contributed by atoms with E-state index in [1.54, 1.807) is 0 Å². The number of hydrogen-bond donors (Lipinski definition) is 2. The summed E-state index contributed by atoms with van der Waals surface area (Å²) in [5.74, 6) is -1.56. The highest BCUT2D eigenvalue weighted by molar-refractivity contribution is 6.32. The Morgan fingerprint density at radius 2 is 1.90 bits per heavy atom. The third-order valence-corrected chi connectivity index (χ3v) is 4.79. The van der Waals surface area contributed by atoms with Gasteiger partial charge < -0.3 is 15.4 Å². The second-order valence-electron chi connectivity index (χ2n) is 6.63. The van der Waals surface area contributed by atoms with Gasteiger partial charge in [0.25, 0.3) is 17.5 Å². The predicted octanol–water partition coefficient (Wildman–Crippen LogP) is 4.64. The number of carbonyl (C=O) groups excluding carboxylic acids is 2. The highest BCUT2D eigenvalue weighted by Gasteiger charge is 2.35. The first-order valence-corrected chi connectivity index (χ1v) is 9.33. The van der Waals surface area contributed by atoms with Crippen LogP contribution in [0.2, 0.25) is 5.02 Å². The highest BCUT2D eigenvalue weighted by Crippen LogP contribution is 2.37. The van der Waals surface area contributed by atoms with Crippen LogP contribution in [0.5, 0.6) is 0 Å². The maximum Gasteiger partial charge on any atom is 0.418 e. The molecule has 1 saturated heterocycles. The monoisotopic (exact) mass is 457 g/mol. The number of ether oxygens (including phenoxy) is 1. The van der Waals surface area contributed by atoms with Crippen molar-refractivity contribution in [1.29, 1.82) is 0 Å². The fourth-order valence-corrected chi connectivity index (χ4v) is 3.15. The highest BCUT2D eigenvalue weighted by atomic mass is 35.5. The van der Waals surface area contributed by atoms with Gasteiger partial charge in [0, 0.05) is 23.9 Å². The molecule has 2 amide bonds. The molecule has 8 nitrogen and oxygen atoms in total. The van der Waals surface area contributed by atoms with Gasteiger partial charge in [0.15, 0.2) is 0 Å². The van der Waals surface area contributed by atoms with E-state index in [1.807, 2.05) is 0 Å². The van der Waals surface area contributed by atoms with Crippen molar-refractivity contribution < 1.29 is 32.4 Å². The number of benzene rings is 2. The Bertz CT molecular complexity index is 1040. The van der Waals surface area contributed by atoms with Crippen molar-refractivity contribution >= 4 is 40.5 Å². The van der Waals surface area contributed by atoms with Gasteiger partial charge in [0.05, 0.1) is 16.2 Å². The second-order valence-corrected chi connectivity index (χ2v) is 7.03. The molecule has 3 rings (SSSR count). The number of hydrogen-bond acceptors (Lipinski definition) is 5. The van der Waals surface area contributed by atoms with Crippen LogP contribution in [0.4, 0.5) is 30.2 Å². The van der Waals surface area contributed by atoms with Crippen LogP contribution in [0.25, 0.3) is 0 Å². The number of nitrogens with zero attached hydrogens (tertiary/aromatic N) is 1. The number of nitrogens with one attached hydrogen (secondary N) is 2. The SMILES string of the molecule is O=C(Nc1ccc(NC(=O)C2CCCO2)cc1C(F)(F)F)c1ccc(Cl)c([N+](=O)[O-])c1. The minimum atomic E-state index is -4.85. The number of amides is 2. The molecule has 0 bridgehead atoms. The van der Waals surface area contributed by atoms with Crippen molar-refractivity contribution in [3.05, 3.63) is 62.7 Å². The minimum absolute atomic E-state index is 0.118. The maximum absolute atomic E-state index is 13.5. The number of halogens is 4. The largest absolute Gasteiger partial charge is 0.418 e. The van der Waals surface area contributed by atoms with E-state index in [-0.39, 0.29) is 16.3 Å². The van der Waals surface area contributed by atoms with Gasteiger partial charge in [-0.15, -0.1) is 0 Å². The zero-order valence-electron chi connectivity index (χ0n) is 15.7. The molecule has 1 heterocycles. The first-order valence-electron chi connectivity index (χ1n) is 8.95. The van der Waals surface area contributed by atoms with Crippen molar-refractivity contribution in [3.63, 3.8) is 0 Å². The van der Waals surface area contributed by atoms with Crippen LogP contribution in [0.1, 0.15) is 28.8 Å². The van der Waals surface area contributed by atoms with E-state index in [0.717, 1.165) is 24.3 Å². The molecule has 2 N–H and O–H groups in total. The molecule has 0 aliphatic carbocycles. The summed E-state index contributed by atoms with van der Waals surface area (Å²) in [4.78, 5) is 34.6. The molecule has 31 heavy (non-hydrogen) atoms. The van der Waals surface area contributed by atoms with Crippen LogP contribution in [-0.4, -0.2) is 29.4 Å². The first kappa shape index (κ1) is 22.5. The molecule has 1 aliphatic heterocycles. The van der Waals surface area contributed by atoms with Gasteiger partial charge in [0.2, 0.25) is 0 Å². The Morgan fingerprint density at radius 3 is 2.52 bits per heavy atom. The molecule has 2 aromatic carbocycles. The smallest absolute Gasteiger partial charge is 0.368 e. The zero-order chi connectivity index (χ0) is 22.8. The van der Waals surface area contributed by atoms with Gasteiger partial charge in [-0.2, -0.15) is 13.2 Å². The molecule has 2 aromatic rings. The third-order valence-electron chi connectivity index (χ3n) is 4.47. The molecule has 12 heteroatoms. The van der Waals surface area contributed by atoms with Gasteiger partial charge in [-0.25, -0.2) is 0 Å².